The molecule has 0 saturated heterocycles. The number of esters is 1. The van der Waals surface area contributed by atoms with E-state index in [0.29, 0.717) is 6.42 Å². The Labute approximate surface area is 163 Å². The Bertz CT molecular complexity index is 488. The fourth-order valence-electron chi connectivity index (χ4n) is 3.14. The minimum atomic E-state index is -2.97. The van der Waals surface area contributed by atoms with Gasteiger partial charge in [0.25, 0.3) is 5.92 Å². The number of hydrogen-bond donors (Lipinski definition) is 0. The van der Waals surface area contributed by atoms with E-state index in [4.69, 9.17) is 4.74 Å². The molecular formula is C23H36F2O2. The molecule has 2 nitrogen and oxygen atoms in total. The Hall–Kier alpha value is -1.45. The van der Waals surface area contributed by atoms with Crippen molar-refractivity contribution in [3.8, 4) is 0 Å². The summed E-state index contributed by atoms with van der Waals surface area (Å²) in [5.41, 5.74) is 0.805. The van der Waals surface area contributed by atoms with Gasteiger partial charge in [0, 0.05) is 6.42 Å². The van der Waals surface area contributed by atoms with E-state index < -0.39 is 18.3 Å². The first-order chi connectivity index (χ1) is 13.0. The summed E-state index contributed by atoms with van der Waals surface area (Å²) in [4.78, 5) is 11.6. The van der Waals surface area contributed by atoms with Crippen LogP contribution in [0.5, 0.6) is 0 Å². The van der Waals surface area contributed by atoms with Crippen molar-refractivity contribution in [2.45, 2.75) is 103 Å². The largest absolute Gasteiger partial charge is 0.461 e. The topological polar surface area (TPSA) is 26.3 Å². The number of rotatable bonds is 16. The second kappa shape index (κ2) is 14.6. The second-order valence-electron chi connectivity index (χ2n) is 7.46. The third kappa shape index (κ3) is 13.4. The summed E-state index contributed by atoms with van der Waals surface area (Å²) in [6, 6.07) is 9.11. The number of alkyl halides is 2. The molecule has 0 aromatic heterocycles. The number of halogens is 2. The van der Waals surface area contributed by atoms with Crippen molar-refractivity contribution in [2.24, 2.45) is 0 Å². The summed E-state index contributed by atoms with van der Waals surface area (Å²) >= 11 is 0. The molecule has 0 aliphatic carbocycles. The first kappa shape index (κ1) is 23.6. The SMILES string of the molecule is CCCCCCCCCCCCCC(F)(F)CC(=O)OCc1ccccc1. The van der Waals surface area contributed by atoms with Crippen LogP contribution in [0.1, 0.15) is 96.0 Å². The van der Waals surface area contributed by atoms with E-state index in [1.807, 2.05) is 18.2 Å². The highest BCUT2D eigenvalue weighted by atomic mass is 19.3. The first-order valence-corrected chi connectivity index (χ1v) is 10.6. The third-order valence-corrected chi connectivity index (χ3v) is 4.79. The molecule has 0 fully saturated rings. The van der Waals surface area contributed by atoms with Crippen LogP contribution in [0.2, 0.25) is 0 Å². The van der Waals surface area contributed by atoms with E-state index in [2.05, 4.69) is 6.92 Å². The number of ether oxygens (including phenoxy) is 1. The van der Waals surface area contributed by atoms with Crippen LogP contribution in [0.15, 0.2) is 30.3 Å². The minimum Gasteiger partial charge on any atom is -0.461 e. The molecule has 0 atom stereocenters. The molecular weight excluding hydrogens is 346 g/mol. The van der Waals surface area contributed by atoms with Gasteiger partial charge in [0.15, 0.2) is 0 Å². The molecule has 0 spiro atoms. The number of benzene rings is 1. The van der Waals surface area contributed by atoms with Crippen LogP contribution < -0.4 is 0 Å². The lowest BCUT2D eigenvalue weighted by molar-refractivity contribution is -0.153. The van der Waals surface area contributed by atoms with Crippen molar-refractivity contribution in [1.82, 2.24) is 0 Å². The molecule has 0 radical (unpaired) electrons. The standard InChI is InChI=1S/C23H36F2O2/c1-2-3-4-5-6-7-8-9-10-11-15-18-23(24,25)19-22(26)27-20-21-16-13-12-14-17-21/h12-14,16-17H,2-11,15,18-20H2,1H3. The molecule has 1 rings (SSSR count). The van der Waals surface area contributed by atoms with Gasteiger partial charge < -0.3 is 4.74 Å². The summed E-state index contributed by atoms with van der Waals surface area (Å²) in [7, 11) is 0. The summed E-state index contributed by atoms with van der Waals surface area (Å²) in [5.74, 6) is -3.79. The molecule has 27 heavy (non-hydrogen) atoms. The average molecular weight is 383 g/mol. The summed E-state index contributed by atoms with van der Waals surface area (Å²) in [6.45, 7) is 2.27. The van der Waals surface area contributed by atoms with Crippen LogP contribution in [0.4, 0.5) is 8.78 Å². The van der Waals surface area contributed by atoms with Crippen molar-refractivity contribution in [1.29, 1.82) is 0 Å². The molecule has 0 aliphatic heterocycles. The van der Waals surface area contributed by atoms with E-state index in [-0.39, 0.29) is 13.0 Å². The Morgan fingerprint density at radius 3 is 1.93 bits per heavy atom. The Morgan fingerprint density at radius 1 is 0.852 bits per heavy atom. The molecule has 0 heterocycles. The second-order valence-corrected chi connectivity index (χ2v) is 7.46. The summed E-state index contributed by atoms with van der Waals surface area (Å²) in [6.07, 6.45) is 11.4. The zero-order valence-corrected chi connectivity index (χ0v) is 16.9. The highest BCUT2D eigenvalue weighted by Gasteiger charge is 2.32. The van der Waals surface area contributed by atoms with Gasteiger partial charge in [0.1, 0.15) is 13.0 Å². The lowest BCUT2D eigenvalue weighted by atomic mass is 10.0. The zero-order valence-electron chi connectivity index (χ0n) is 16.9. The Balaban J connectivity index is 2.00. The summed E-state index contributed by atoms with van der Waals surface area (Å²) < 4.78 is 32.7. The van der Waals surface area contributed by atoms with Crippen LogP contribution in [-0.4, -0.2) is 11.9 Å². The number of unbranched alkanes of at least 4 members (excludes halogenated alkanes) is 10. The molecule has 1 aromatic rings. The van der Waals surface area contributed by atoms with E-state index in [1.54, 1.807) is 12.1 Å². The van der Waals surface area contributed by atoms with Gasteiger partial charge in [-0.3, -0.25) is 4.79 Å². The highest BCUT2D eigenvalue weighted by Crippen LogP contribution is 2.26. The fourth-order valence-corrected chi connectivity index (χ4v) is 3.14. The van der Waals surface area contributed by atoms with Crippen LogP contribution in [0.3, 0.4) is 0 Å². The van der Waals surface area contributed by atoms with E-state index in [1.165, 1.54) is 44.9 Å². The van der Waals surface area contributed by atoms with Crippen molar-refractivity contribution in [2.75, 3.05) is 0 Å². The van der Waals surface area contributed by atoms with Crippen molar-refractivity contribution < 1.29 is 18.3 Å². The smallest absolute Gasteiger partial charge is 0.312 e. The average Bonchev–Trinajstić information content (AvgIpc) is 2.65. The Morgan fingerprint density at radius 2 is 1.37 bits per heavy atom. The van der Waals surface area contributed by atoms with Gasteiger partial charge in [-0.25, -0.2) is 8.78 Å². The van der Waals surface area contributed by atoms with E-state index in [0.717, 1.165) is 24.8 Å². The number of carbonyl (C=O) groups excluding carboxylic acids is 1. The van der Waals surface area contributed by atoms with Crippen LogP contribution in [0, 0.1) is 0 Å². The van der Waals surface area contributed by atoms with Crippen molar-refractivity contribution in [3.63, 3.8) is 0 Å². The molecule has 4 heteroatoms. The maximum atomic E-state index is 13.9. The lowest BCUT2D eigenvalue weighted by Gasteiger charge is -2.15. The molecule has 0 bridgehead atoms. The van der Waals surface area contributed by atoms with E-state index in [9.17, 15) is 13.6 Å². The number of hydrogen-bond acceptors (Lipinski definition) is 2. The lowest BCUT2D eigenvalue weighted by Crippen LogP contribution is -2.22. The quantitative estimate of drug-likeness (QED) is 0.219. The maximum absolute atomic E-state index is 13.9. The molecule has 0 saturated carbocycles. The van der Waals surface area contributed by atoms with Crippen molar-refractivity contribution >= 4 is 5.97 Å². The summed E-state index contributed by atoms with van der Waals surface area (Å²) in [5, 5.41) is 0. The van der Waals surface area contributed by atoms with Gasteiger partial charge in [-0.2, -0.15) is 0 Å². The predicted octanol–water partition coefficient (Wildman–Crippen LogP) is 7.46. The zero-order chi connectivity index (χ0) is 19.8. The molecule has 0 aliphatic rings. The van der Waals surface area contributed by atoms with Crippen LogP contribution >= 0.6 is 0 Å². The monoisotopic (exact) mass is 382 g/mol. The Kier molecular flexibility index (Phi) is 12.7. The number of carbonyl (C=O) groups is 1. The van der Waals surface area contributed by atoms with Gasteiger partial charge in [0.05, 0.1) is 0 Å². The van der Waals surface area contributed by atoms with Gasteiger partial charge in [-0.05, 0) is 12.0 Å². The predicted molar refractivity (Wildman–Crippen MR) is 107 cm³/mol. The molecule has 0 N–H and O–H groups in total. The fraction of sp³-hybridized carbons (Fsp3) is 0.696. The molecule has 1 aromatic carbocycles. The van der Waals surface area contributed by atoms with Gasteiger partial charge in [-0.1, -0.05) is 101 Å². The van der Waals surface area contributed by atoms with Gasteiger partial charge >= 0.3 is 5.97 Å². The molecule has 154 valence electrons. The normalized spacial score (nSPS) is 11.5. The van der Waals surface area contributed by atoms with E-state index >= 15 is 0 Å². The van der Waals surface area contributed by atoms with Crippen LogP contribution in [0.25, 0.3) is 0 Å². The van der Waals surface area contributed by atoms with Crippen LogP contribution in [-0.2, 0) is 16.1 Å². The maximum Gasteiger partial charge on any atom is 0.312 e. The molecule has 0 amide bonds. The first-order valence-electron chi connectivity index (χ1n) is 10.6. The minimum absolute atomic E-state index is 0.0498. The van der Waals surface area contributed by atoms with Gasteiger partial charge in [0.2, 0.25) is 0 Å². The third-order valence-electron chi connectivity index (χ3n) is 4.79. The highest BCUT2D eigenvalue weighted by molar-refractivity contribution is 5.70. The van der Waals surface area contributed by atoms with Crippen molar-refractivity contribution in [3.05, 3.63) is 35.9 Å². The van der Waals surface area contributed by atoms with Gasteiger partial charge in [-0.15, -0.1) is 0 Å². The molecule has 0 unspecified atom stereocenters.